The number of likely N-dealkylation sites (tertiary alicyclic amines) is 1. The Morgan fingerprint density at radius 2 is 1.00 bits per heavy atom. The number of aliphatic hydroxyl groups is 1. The van der Waals surface area contributed by atoms with Crippen molar-refractivity contribution in [3.8, 4) is 23.0 Å². The van der Waals surface area contributed by atoms with E-state index in [0.29, 0.717) is 58.5 Å². The predicted octanol–water partition coefficient (Wildman–Crippen LogP) is 14.8. The van der Waals surface area contributed by atoms with Crippen molar-refractivity contribution in [3.05, 3.63) is 201 Å². The quantitative estimate of drug-likeness (QED) is 0.108. The van der Waals surface area contributed by atoms with E-state index in [1.54, 1.807) is 6.08 Å². The van der Waals surface area contributed by atoms with Gasteiger partial charge in [-0.05, 0) is 133 Å². The number of alkyl halides is 1. The molecule has 0 saturated carbocycles. The highest BCUT2D eigenvalue weighted by atomic mass is 19.1. The summed E-state index contributed by atoms with van der Waals surface area (Å²) in [4.78, 5) is 2.21. The first-order valence-corrected chi connectivity index (χ1v) is 26.4. The second-order valence-electron chi connectivity index (χ2n) is 20.1. The highest BCUT2D eigenvalue weighted by Gasteiger charge is 2.33. The Bertz CT molecular complexity index is 3110. The van der Waals surface area contributed by atoms with Gasteiger partial charge in [0.1, 0.15) is 58.5 Å². The fraction of sp³-hybridized carbons (Fsp3) is 0.312. The molecule has 0 spiro atoms. The minimum Gasteiger partial charge on any atom is -0.480 e. The fourth-order valence-electron chi connectivity index (χ4n) is 10.6. The van der Waals surface area contributed by atoms with Crippen molar-refractivity contribution in [1.29, 1.82) is 0 Å². The van der Waals surface area contributed by atoms with E-state index in [4.69, 9.17) is 33.5 Å². The molecule has 400 valence electrons. The van der Waals surface area contributed by atoms with E-state index < -0.39 is 35.5 Å². The highest BCUT2D eigenvalue weighted by Crippen LogP contribution is 2.50. The van der Waals surface area contributed by atoms with Gasteiger partial charge in [0, 0.05) is 84.9 Å². The molecule has 6 aromatic carbocycles. The Hall–Kier alpha value is -7.03. The Kier molecular flexibility index (Phi) is 17.0. The second kappa shape index (κ2) is 24.5. The zero-order valence-corrected chi connectivity index (χ0v) is 43.2. The van der Waals surface area contributed by atoms with Gasteiger partial charge in [0.2, 0.25) is 0 Å². The minimum atomic E-state index is -0.643. The third-order valence-corrected chi connectivity index (χ3v) is 14.5. The molecular formula is C64H62F5NO7. The second-order valence-corrected chi connectivity index (χ2v) is 20.1. The summed E-state index contributed by atoms with van der Waals surface area (Å²) in [6, 6.07) is 34.1. The summed E-state index contributed by atoms with van der Waals surface area (Å²) in [6.07, 6.45) is 11.8. The number of allylic oxidation sites excluding steroid dienone is 2. The molecule has 11 rings (SSSR count). The predicted molar refractivity (Wildman–Crippen MR) is 290 cm³/mol. The van der Waals surface area contributed by atoms with Gasteiger partial charge in [-0.15, -0.1) is 0 Å². The number of fused-ring (bicyclic) bond motifs is 2. The topological polar surface area (TPSA) is 78.9 Å². The summed E-state index contributed by atoms with van der Waals surface area (Å²) < 4.78 is 106. The number of hydrogen-bond acceptors (Lipinski definition) is 8. The fourth-order valence-corrected chi connectivity index (χ4v) is 10.6. The maximum Gasteiger partial charge on any atom is 0.199 e. The number of hydrogen-bond donors (Lipinski definition) is 1. The van der Waals surface area contributed by atoms with E-state index in [1.165, 1.54) is 24.3 Å². The lowest BCUT2D eigenvalue weighted by molar-refractivity contribution is -0.106. The van der Waals surface area contributed by atoms with E-state index in [9.17, 15) is 22.0 Å². The molecule has 0 aromatic heterocycles. The summed E-state index contributed by atoms with van der Waals surface area (Å²) >= 11 is 0. The van der Waals surface area contributed by atoms with Gasteiger partial charge in [-0.1, -0.05) is 72.8 Å². The molecule has 4 unspecified atom stereocenters. The SMILES string of the molecule is CC1=C(c2cc(F)cc(F)c2)C(c2ccc(/C=C/CN3CC(CF)C3)cc2)Oc2cc(OC3CCCCO3)ccc21.CC1=C(c2cc(F)cc(F)c2)C(c2ccc(/C=C/CO)cc2)Oc2cc(OC3CCCCO3)ccc21. The molecular weight excluding hydrogens is 990 g/mol. The van der Waals surface area contributed by atoms with E-state index >= 15 is 0 Å². The van der Waals surface area contributed by atoms with Crippen LogP contribution in [0.3, 0.4) is 0 Å². The third kappa shape index (κ3) is 12.9. The zero-order chi connectivity index (χ0) is 53.4. The lowest BCUT2D eigenvalue weighted by Gasteiger charge is -2.36. The molecule has 3 saturated heterocycles. The molecule has 0 bridgehead atoms. The number of nitrogens with zero attached hydrogens (tertiary/aromatic N) is 1. The van der Waals surface area contributed by atoms with Crippen LogP contribution in [-0.2, 0) is 9.47 Å². The number of aliphatic hydroxyl groups excluding tert-OH is 1. The molecule has 13 heteroatoms. The molecule has 0 aliphatic carbocycles. The van der Waals surface area contributed by atoms with Crippen LogP contribution in [0.15, 0.2) is 133 Å². The molecule has 8 nitrogen and oxygen atoms in total. The minimum absolute atomic E-state index is 0.0439. The first-order valence-electron chi connectivity index (χ1n) is 26.4. The van der Waals surface area contributed by atoms with Gasteiger partial charge in [-0.2, -0.15) is 0 Å². The molecule has 1 N–H and O–H groups in total. The Balaban J connectivity index is 0.000000176. The van der Waals surface area contributed by atoms with Gasteiger partial charge in [-0.25, -0.2) is 17.6 Å². The van der Waals surface area contributed by atoms with Crippen LogP contribution in [0.2, 0.25) is 0 Å². The van der Waals surface area contributed by atoms with Gasteiger partial charge in [0.25, 0.3) is 0 Å². The molecule has 4 atom stereocenters. The standard InChI is InChI=1S/C34H34F3NO3.C30H28F2O4/c1-22-30-12-11-29(40-32-6-2-3-14-39-32)18-31(30)41-34(33(22)26-15-27(36)17-28(37)16-26)25-9-7-23(8-10-25)5-4-13-38-20-24(19-35)21-38;1-19-26-12-11-25(35-28-6-2-3-14-34-28)18-27(26)36-30(21-9-7-20(8-10-21)5-4-13-33)29(19)22-15-23(31)17-24(32)16-22/h4-5,7-12,15-18,24,32,34H,2-3,6,13-14,19-21H2,1H3;4-5,7-12,15-18,28,30,33H,2-3,6,13-14H2,1H3/b2*5-4+. The summed E-state index contributed by atoms with van der Waals surface area (Å²) in [5.41, 5.74) is 9.36. The van der Waals surface area contributed by atoms with Crippen molar-refractivity contribution >= 4 is 34.4 Å². The molecule has 77 heavy (non-hydrogen) atoms. The summed E-state index contributed by atoms with van der Waals surface area (Å²) in [5.74, 6) is 0.195. The average molecular weight is 1050 g/mol. The van der Waals surface area contributed by atoms with Crippen molar-refractivity contribution in [1.82, 2.24) is 4.90 Å². The van der Waals surface area contributed by atoms with E-state index in [-0.39, 0.29) is 31.8 Å². The summed E-state index contributed by atoms with van der Waals surface area (Å²) in [7, 11) is 0. The van der Waals surface area contributed by atoms with Crippen LogP contribution in [0, 0.1) is 29.2 Å². The van der Waals surface area contributed by atoms with Crippen LogP contribution in [0.4, 0.5) is 22.0 Å². The zero-order valence-electron chi connectivity index (χ0n) is 43.2. The largest absolute Gasteiger partial charge is 0.480 e. The van der Waals surface area contributed by atoms with Gasteiger partial charge >= 0.3 is 0 Å². The van der Waals surface area contributed by atoms with Gasteiger partial charge in [0.05, 0.1) is 26.5 Å². The molecule has 3 fully saturated rings. The van der Waals surface area contributed by atoms with Crippen LogP contribution < -0.4 is 18.9 Å². The number of ether oxygens (including phenoxy) is 6. The molecule has 5 aliphatic heterocycles. The third-order valence-electron chi connectivity index (χ3n) is 14.5. The molecule has 5 heterocycles. The van der Waals surface area contributed by atoms with Crippen LogP contribution in [-0.4, -0.2) is 68.7 Å². The number of rotatable bonds is 14. The lowest BCUT2D eigenvalue weighted by atomic mass is 9.86. The van der Waals surface area contributed by atoms with E-state index in [0.717, 1.165) is 115 Å². The lowest BCUT2D eigenvalue weighted by Crippen LogP contribution is -2.47. The highest BCUT2D eigenvalue weighted by molar-refractivity contribution is 5.96. The molecule has 5 aliphatic rings. The molecule has 0 radical (unpaired) electrons. The van der Waals surface area contributed by atoms with Crippen LogP contribution in [0.5, 0.6) is 23.0 Å². The van der Waals surface area contributed by atoms with Gasteiger partial charge in [0.15, 0.2) is 12.6 Å². The summed E-state index contributed by atoms with van der Waals surface area (Å²) in [6.45, 7) is 7.36. The smallest absolute Gasteiger partial charge is 0.199 e. The van der Waals surface area contributed by atoms with Gasteiger partial charge in [-0.3, -0.25) is 9.29 Å². The Morgan fingerprint density at radius 3 is 1.40 bits per heavy atom. The van der Waals surface area contributed by atoms with Crippen molar-refractivity contribution in [2.24, 2.45) is 5.92 Å². The molecule has 0 amide bonds. The number of halogens is 5. The average Bonchev–Trinajstić information content (AvgIpc) is 3.47. The molecule has 6 aromatic rings. The van der Waals surface area contributed by atoms with Crippen molar-refractivity contribution in [2.75, 3.05) is 46.1 Å². The maximum atomic E-state index is 14.3. The first kappa shape index (κ1) is 53.4. The van der Waals surface area contributed by atoms with Crippen molar-refractivity contribution in [3.63, 3.8) is 0 Å². The maximum absolute atomic E-state index is 14.3. The number of benzene rings is 6. The van der Waals surface area contributed by atoms with Crippen LogP contribution >= 0.6 is 0 Å². The van der Waals surface area contributed by atoms with Crippen LogP contribution in [0.25, 0.3) is 34.4 Å². The Labute approximate surface area is 446 Å². The monoisotopic (exact) mass is 1050 g/mol. The first-order chi connectivity index (χ1) is 37.5. The van der Waals surface area contributed by atoms with E-state index in [1.807, 2.05) is 111 Å². The van der Waals surface area contributed by atoms with Crippen molar-refractivity contribution in [2.45, 2.75) is 77.2 Å². The normalized spacial score (nSPS) is 20.7. The Morgan fingerprint density at radius 1 is 0.558 bits per heavy atom. The summed E-state index contributed by atoms with van der Waals surface area (Å²) in [5, 5.41) is 9.05. The van der Waals surface area contributed by atoms with E-state index in [2.05, 4.69) is 11.0 Å². The van der Waals surface area contributed by atoms with Gasteiger partial charge < -0.3 is 33.5 Å². The van der Waals surface area contributed by atoms with Crippen molar-refractivity contribution < 1.29 is 55.5 Å². The van der Waals surface area contributed by atoms with Crippen LogP contribution in [0.1, 0.15) is 109 Å².